The van der Waals surface area contributed by atoms with Gasteiger partial charge in [0.15, 0.2) is 9.79 Å². The highest BCUT2D eigenvalue weighted by Crippen LogP contribution is 2.24. The van der Waals surface area contributed by atoms with Gasteiger partial charge in [-0.05, 0) is 49.2 Å². The number of nitrogens with one attached hydrogen (secondary N) is 1. The van der Waals surface area contributed by atoms with Crippen molar-refractivity contribution in [2.24, 2.45) is 5.73 Å². The number of carbonyl (C=O) groups is 1. The van der Waals surface area contributed by atoms with Crippen LogP contribution in [0.4, 0.5) is 5.69 Å². The smallest absolute Gasteiger partial charge is 0.238 e. The Hall–Kier alpha value is -1.82. The topological polar surface area (TPSA) is 78.2 Å². The summed E-state index contributed by atoms with van der Waals surface area (Å²) in [5, 5.41) is 2.66. The first kappa shape index (κ1) is 15.6. The first-order valence-electron chi connectivity index (χ1n) is 6.60. The Labute approximate surface area is 127 Å². The van der Waals surface area contributed by atoms with Gasteiger partial charge in [-0.15, -0.1) is 0 Å². The molecule has 110 valence electrons. The van der Waals surface area contributed by atoms with Crippen LogP contribution in [0.25, 0.3) is 0 Å². The van der Waals surface area contributed by atoms with Crippen LogP contribution in [-0.4, -0.2) is 17.0 Å². The first-order chi connectivity index (χ1) is 10.0. The molecular weight excluding hydrogens is 284 g/mol. The predicted molar refractivity (Wildman–Crippen MR) is 84.7 cm³/mol. The molecule has 2 rings (SSSR count). The Bertz CT molecular complexity index is 658. The Morgan fingerprint density at radius 1 is 1.14 bits per heavy atom. The SMILES string of the molecule is Cc1ccc([S+]([O-])c2cccc(NC(=O)CN)c2)cc1C. The minimum atomic E-state index is -1.27. The molecule has 0 fully saturated rings. The van der Waals surface area contributed by atoms with E-state index in [1.165, 1.54) is 5.56 Å². The summed E-state index contributed by atoms with van der Waals surface area (Å²) in [7, 11) is 0. The zero-order valence-corrected chi connectivity index (χ0v) is 12.9. The third kappa shape index (κ3) is 3.85. The molecule has 0 radical (unpaired) electrons. The second-order valence-electron chi connectivity index (χ2n) is 4.79. The van der Waals surface area contributed by atoms with Gasteiger partial charge in [0.2, 0.25) is 5.91 Å². The Morgan fingerprint density at radius 2 is 1.86 bits per heavy atom. The molecule has 21 heavy (non-hydrogen) atoms. The summed E-state index contributed by atoms with van der Waals surface area (Å²) < 4.78 is 12.6. The molecule has 0 aromatic heterocycles. The van der Waals surface area contributed by atoms with Crippen molar-refractivity contribution in [3.63, 3.8) is 0 Å². The van der Waals surface area contributed by atoms with Crippen molar-refractivity contribution in [1.29, 1.82) is 0 Å². The van der Waals surface area contributed by atoms with Gasteiger partial charge in [0.05, 0.1) is 6.54 Å². The van der Waals surface area contributed by atoms with E-state index < -0.39 is 11.2 Å². The van der Waals surface area contributed by atoms with Crippen LogP contribution in [0.2, 0.25) is 0 Å². The molecule has 0 saturated carbocycles. The minimum absolute atomic E-state index is 0.0789. The van der Waals surface area contributed by atoms with E-state index in [-0.39, 0.29) is 12.5 Å². The number of anilines is 1. The minimum Gasteiger partial charge on any atom is -0.606 e. The molecule has 0 saturated heterocycles. The van der Waals surface area contributed by atoms with Crippen LogP contribution in [-0.2, 0) is 16.0 Å². The van der Waals surface area contributed by atoms with Crippen LogP contribution in [0.15, 0.2) is 52.3 Å². The van der Waals surface area contributed by atoms with Crippen LogP contribution in [0.1, 0.15) is 11.1 Å². The van der Waals surface area contributed by atoms with Crippen LogP contribution in [0, 0.1) is 13.8 Å². The number of amides is 1. The highest BCUT2D eigenvalue weighted by atomic mass is 32.2. The largest absolute Gasteiger partial charge is 0.606 e. The molecule has 0 aliphatic rings. The number of nitrogens with two attached hydrogens (primary N) is 1. The lowest BCUT2D eigenvalue weighted by Gasteiger charge is -2.12. The molecule has 2 aromatic rings. The highest BCUT2D eigenvalue weighted by molar-refractivity contribution is 7.91. The van der Waals surface area contributed by atoms with E-state index in [0.717, 1.165) is 10.5 Å². The normalized spacial score (nSPS) is 12.0. The number of benzene rings is 2. The Kier molecular flexibility index (Phi) is 5.01. The monoisotopic (exact) mass is 302 g/mol. The van der Waals surface area contributed by atoms with Gasteiger partial charge in [-0.3, -0.25) is 4.79 Å². The second kappa shape index (κ2) is 6.76. The zero-order chi connectivity index (χ0) is 15.4. The number of aryl methyl sites for hydroxylation is 2. The third-order valence-corrected chi connectivity index (χ3v) is 4.57. The van der Waals surface area contributed by atoms with Crippen LogP contribution in [0.5, 0.6) is 0 Å². The lowest BCUT2D eigenvalue weighted by atomic mass is 10.1. The maximum Gasteiger partial charge on any atom is 0.238 e. The summed E-state index contributed by atoms with van der Waals surface area (Å²) in [6.45, 7) is 3.93. The predicted octanol–water partition coefficient (Wildman–Crippen LogP) is 2.37. The summed E-state index contributed by atoms with van der Waals surface area (Å²) in [4.78, 5) is 12.7. The molecule has 0 aliphatic carbocycles. The van der Waals surface area contributed by atoms with Crippen molar-refractivity contribution in [3.8, 4) is 0 Å². The third-order valence-electron chi connectivity index (χ3n) is 3.21. The fourth-order valence-corrected chi connectivity index (χ4v) is 3.05. The van der Waals surface area contributed by atoms with Crippen LogP contribution < -0.4 is 11.1 Å². The van der Waals surface area contributed by atoms with E-state index in [9.17, 15) is 9.35 Å². The van der Waals surface area contributed by atoms with E-state index in [1.54, 1.807) is 24.3 Å². The van der Waals surface area contributed by atoms with E-state index in [1.807, 2.05) is 32.0 Å². The molecule has 0 heterocycles. The number of rotatable bonds is 4. The van der Waals surface area contributed by atoms with E-state index in [2.05, 4.69) is 5.32 Å². The molecule has 5 heteroatoms. The van der Waals surface area contributed by atoms with E-state index >= 15 is 0 Å². The van der Waals surface area contributed by atoms with Crippen molar-refractivity contribution < 1.29 is 9.35 Å². The molecule has 1 atom stereocenters. The second-order valence-corrected chi connectivity index (χ2v) is 6.28. The van der Waals surface area contributed by atoms with Gasteiger partial charge >= 0.3 is 0 Å². The molecule has 2 aromatic carbocycles. The Balaban J connectivity index is 2.26. The molecule has 0 spiro atoms. The summed E-state index contributed by atoms with van der Waals surface area (Å²) in [5.74, 6) is -0.274. The van der Waals surface area contributed by atoms with E-state index in [4.69, 9.17) is 5.73 Å². The zero-order valence-electron chi connectivity index (χ0n) is 12.1. The quantitative estimate of drug-likeness (QED) is 0.851. The summed E-state index contributed by atoms with van der Waals surface area (Å²) in [6, 6.07) is 12.8. The Morgan fingerprint density at radius 3 is 2.52 bits per heavy atom. The average Bonchev–Trinajstić information content (AvgIpc) is 2.49. The maximum absolute atomic E-state index is 12.6. The molecule has 3 N–H and O–H groups in total. The highest BCUT2D eigenvalue weighted by Gasteiger charge is 2.16. The number of carbonyl (C=O) groups excluding carboxylic acids is 1. The number of hydrogen-bond donors (Lipinski definition) is 2. The van der Waals surface area contributed by atoms with Crippen molar-refractivity contribution in [2.75, 3.05) is 11.9 Å². The number of hydrogen-bond acceptors (Lipinski definition) is 3. The van der Waals surface area contributed by atoms with Gasteiger partial charge < -0.3 is 15.6 Å². The van der Waals surface area contributed by atoms with Crippen molar-refractivity contribution in [2.45, 2.75) is 23.6 Å². The summed E-state index contributed by atoms with van der Waals surface area (Å²) in [6.07, 6.45) is 0. The van der Waals surface area contributed by atoms with Gasteiger partial charge in [-0.25, -0.2) is 0 Å². The van der Waals surface area contributed by atoms with Crippen molar-refractivity contribution in [3.05, 3.63) is 53.6 Å². The summed E-state index contributed by atoms with van der Waals surface area (Å²) in [5.41, 5.74) is 8.14. The van der Waals surface area contributed by atoms with Crippen LogP contribution in [0.3, 0.4) is 0 Å². The molecule has 1 unspecified atom stereocenters. The molecular formula is C16H18N2O2S. The molecule has 4 nitrogen and oxygen atoms in total. The maximum atomic E-state index is 12.6. The van der Waals surface area contributed by atoms with E-state index in [0.29, 0.717) is 10.6 Å². The fourth-order valence-electron chi connectivity index (χ4n) is 1.87. The molecule has 0 bridgehead atoms. The van der Waals surface area contributed by atoms with Crippen LogP contribution >= 0.6 is 0 Å². The molecule has 0 aliphatic heterocycles. The average molecular weight is 302 g/mol. The summed E-state index contributed by atoms with van der Waals surface area (Å²) >= 11 is -1.27. The van der Waals surface area contributed by atoms with Gasteiger partial charge in [-0.1, -0.05) is 12.1 Å². The lowest BCUT2D eigenvalue weighted by molar-refractivity contribution is -0.114. The fraction of sp³-hybridized carbons (Fsp3) is 0.188. The van der Waals surface area contributed by atoms with Gasteiger partial charge in [0, 0.05) is 22.9 Å². The molecule has 1 amide bonds. The lowest BCUT2D eigenvalue weighted by Crippen LogP contribution is -2.21. The van der Waals surface area contributed by atoms with Gasteiger partial charge in [0.25, 0.3) is 0 Å². The van der Waals surface area contributed by atoms with Crippen molar-refractivity contribution >= 4 is 22.8 Å². The first-order valence-corrected chi connectivity index (χ1v) is 7.75. The van der Waals surface area contributed by atoms with Gasteiger partial charge in [-0.2, -0.15) is 0 Å². The van der Waals surface area contributed by atoms with Crippen molar-refractivity contribution in [1.82, 2.24) is 0 Å². The van der Waals surface area contributed by atoms with Gasteiger partial charge in [0.1, 0.15) is 0 Å². The standard InChI is InChI=1S/C16H18N2O2S/c1-11-6-7-15(8-12(11)2)21(20)14-5-3-4-13(9-14)18-16(19)10-17/h3-9H,10,17H2,1-2H3,(H,18,19).